The zero-order valence-corrected chi connectivity index (χ0v) is 13.6. The summed E-state index contributed by atoms with van der Waals surface area (Å²) < 4.78 is 5.35. The van der Waals surface area contributed by atoms with Gasteiger partial charge in [0.2, 0.25) is 0 Å². The molecule has 5 heteroatoms. The summed E-state index contributed by atoms with van der Waals surface area (Å²) in [5.41, 5.74) is 1.01. The maximum atomic E-state index is 6.14. The number of likely N-dealkylation sites (tertiary alicyclic amines) is 1. The first kappa shape index (κ1) is 15.9. The highest BCUT2D eigenvalue weighted by atomic mass is 35.5. The minimum absolute atomic E-state index is 0.563. The Labute approximate surface area is 131 Å². The predicted molar refractivity (Wildman–Crippen MR) is 85.0 cm³/mol. The van der Waals surface area contributed by atoms with Crippen LogP contribution in [-0.4, -0.2) is 37.7 Å². The monoisotopic (exact) mass is 316 g/mol. The van der Waals surface area contributed by atoms with Gasteiger partial charge in [-0.15, -0.1) is 0 Å². The first-order valence-corrected chi connectivity index (χ1v) is 7.88. The van der Waals surface area contributed by atoms with E-state index in [0.29, 0.717) is 21.8 Å². The Balaban J connectivity index is 1.94. The number of benzene rings is 1. The lowest BCUT2D eigenvalue weighted by Gasteiger charge is -2.23. The molecule has 0 amide bonds. The van der Waals surface area contributed by atoms with Crippen LogP contribution in [0.1, 0.15) is 25.3 Å². The van der Waals surface area contributed by atoms with E-state index in [-0.39, 0.29) is 0 Å². The number of rotatable bonds is 6. The molecule has 3 nitrogen and oxygen atoms in total. The second-order valence-electron chi connectivity index (χ2n) is 5.14. The van der Waals surface area contributed by atoms with Crippen molar-refractivity contribution in [3.8, 4) is 5.75 Å². The number of nitrogens with one attached hydrogen (secondary N) is 1. The number of nitrogens with zero attached hydrogens (tertiary/aromatic N) is 1. The first-order chi connectivity index (χ1) is 9.65. The van der Waals surface area contributed by atoms with Gasteiger partial charge in [0.15, 0.2) is 0 Å². The molecule has 0 radical (unpaired) electrons. The van der Waals surface area contributed by atoms with Crippen molar-refractivity contribution in [3.63, 3.8) is 0 Å². The van der Waals surface area contributed by atoms with E-state index < -0.39 is 0 Å². The van der Waals surface area contributed by atoms with E-state index in [4.69, 9.17) is 27.9 Å². The van der Waals surface area contributed by atoms with Crippen LogP contribution < -0.4 is 10.1 Å². The van der Waals surface area contributed by atoms with Gasteiger partial charge in [-0.3, -0.25) is 4.90 Å². The average Bonchev–Trinajstić information content (AvgIpc) is 2.86. The van der Waals surface area contributed by atoms with E-state index in [9.17, 15) is 0 Å². The molecule has 2 rings (SSSR count). The highest BCUT2D eigenvalue weighted by Crippen LogP contribution is 2.32. The van der Waals surface area contributed by atoms with Crippen LogP contribution in [0.5, 0.6) is 5.75 Å². The summed E-state index contributed by atoms with van der Waals surface area (Å²) in [6, 6.07) is 4.26. The molecule has 0 spiro atoms. The van der Waals surface area contributed by atoms with Gasteiger partial charge in [0, 0.05) is 29.7 Å². The Morgan fingerprint density at radius 3 is 2.90 bits per heavy atom. The molecular formula is C15H22Cl2N2O. The number of halogens is 2. The van der Waals surface area contributed by atoms with Crippen molar-refractivity contribution in [1.82, 2.24) is 10.2 Å². The minimum atomic E-state index is 0.563. The summed E-state index contributed by atoms with van der Waals surface area (Å²) in [6.07, 6.45) is 2.57. The third-order valence-electron chi connectivity index (χ3n) is 3.89. The number of hydrogen-bond donors (Lipinski definition) is 1. The Morgan fingerprint density at radius 2 is 2.20 bits per heavy atom. The molecule has 1 aliphatic rings. The molecule has 1 N–H and O–H groups in total. The standard InChI is InChI=1S/C15H22Cl2N2O/c1-3-19-6-4-5-13(19)10-18-9-11-7-12(16)8-14(17)15(11)20-2/h7-8,13,18H,3-6,9-10H2,1-2H3/t13-/m1/s1. The van der Waals surface area contributed by atoms with Gasteiger partial charge in [-0.2, -0.15) is 0 Å². The minimum Gasteiger partial charge on any atom is -0.495 e. The smallest absolute Gasteiger partial charge is 0.142 e. The van der Waals surface area contributed by atoms with Crippen LogP contribution in [0.15, 0.2) is 12.1 Å². The predicted octanol–water partition coefficient (Wildman–Crippen LogP) is 3.58. The molecule has 1 aliphatic heterocycles. The summed E-state index contributed by atoms with van der Waals surface area (Å²) in [7, 11) is 1.63. The molecule has 0 bridgehead atoms. The lowest BCUT2D eigenvalue weighted by molar-refractivity contribution is 0.259. The highest BCUT2D eigenvalue weighted by molar-refractivity contribution is 6.35. The maximum Gasteiger partial charge on any atom is 0.142 e. The molecule has 1 fully saturated rings. The van der Waals surface area contributed by atoms with Crippen molar-refractivity contribution in [2.24, 2.45) is 0 Å². The van der Waals surface area contributed by atoms with E-state index in [1.165, 1.54) is 19.4 Å². The van der Waals surface area contributed by atoms with Crippen molar-refractivity contribution in [3.05, 3.63) is 27.7 Å². The third kappa shape index (κ3) is 3.79. The van der Waals surface area contributed by atoms with Gasteiger partial charge in [-0.05, 0) is 38.1 Å². The molecule has 20 heavy (non-hydrogen) atoms. The summed E-state index contributed by atoms with van der Waals surface area (Å²) in [4.78, 5) is 2.52. The second-order valence-corrected chi connectivity index (χ2v) is 5.98. The van der Waals surface area contributed by atoms with E-state index in [1.54, 1.807) is 13.2 Å². The van der Waals surface area contributed by atoms with Crippen LogP contribution in [0.2, 0.25) is 10.0 Å². The number of methoxy groups -OCH3 is 1. The molecule has 112 valence electrons. The zero-order valence-electron chi connectivity index (χ0n) is 12.1. The highest BCUT2D eigenvalue weighted by Gasteiger charge is 2.22. The molecule has 0 aromatic heterocycles. The summed E-state index contributed by atoms with van der Waals surface area (Å²) in [5, 5.41) is 4.70. The molecule has 1 heterocycles. The largest absolute Gasteiger partial charge is 0.495 e. The SMILES string of the molecule is CCN1CCC[C@@H]1CNCc1cc(Cl)cc(Cl)c1OC. The summed E-state index contributed by atoms with van der Waals surface area (Å²) >= 11 is 12.2. The Morgan fingerprint density at radius 1 is 1.40 bits per heavy atom. The Hall–Kier alpha value is -0.480. The molecule has 0 saturated carbocycles. The van der Waals surface area contributed by atoms with Gasteiger partial charge >= 0.3 is 0 Å². The summed E-state index contributed by atoms with van der Waals surface area (Å²) in [5.74, 6) is 0.710. The van der Waals surface area contributed by atoms with Crippen LogP contribution >= 0.6 is 23.2 Å². The van der Waals surface area contributed by atoms with Crippen LogP contribution in [0.3, 0.4) is 0 Å². The zero-order chi connectivity index (χ0) is 14.5. The van der Waals surface area contributed by atoms with Crippen LogP contribution in [0.25, 0.3) is 0 Å². The lowest BCUT2D eigenvalue weighted by atomic mass is 10.1. The fourth-order valence-corrected chi connectivity index (χ4v) is 3.50. The van der Waals surface area contributed by atoms with Crippen molar-refractivity contribution in [2.75, 3.05) is 26.7 Å². The first-order valence-electron chi connectivity index (χ1n) is 7.12. The lowest BCUT2D eigenvalue weighted by Crippen LogP contribution is -2.37. The average molecular weight is 317 g/mol. The molecular weight excluding hydrogens is 295 g/mol. The van der Waals surface area contributed by atoms with E-state index in [0.717, 1.165) is 25.2 Å². The van der Waals surface area contributed by atoms with Crippen molar-refractivity contribution in [1.29, 1.82) is 0 Å². The molecule has 1 aromatic carbocycles. The van der Waals surface area contributed by atoms with E-state index >= 15 is 0 Å². The fraction of sp³-hybridized carbons (Fsp3) is 0.600. The van der Waals surface area contributed by atoms with Crippen LogP contribution in [-0.2, 0) is 6.54 Å². The van der Waals surface area contributed by atoms with Gasteiger partial charge in [-0.25, -0.2) is 0 Å². The summed E-state index contributed by atoms with van der Waals surface area (Å²) in [6.45, 7) is 6.27. The van der Waals surface area contributed by atoms with Gasteiger partial charge in [0.1, 0.15) is 5.75 Å². The maximum absolute atomic E-state index is 6.14. The number of hydrogen-bond acceptors (Lipinski definition) is 3. The van der Waals surface area contributed by atoms with Gasteiger partial charge in [0.25, 0.3) is 0 Å². The third-order valence-corrected chi connectivity index (χ3v) is 4.39. The van der Waals surface area contributed by atoms with E-state index in [1.807, 2.05) is 6.07 Å². The normalized spacial score (nSPS) is 19.5. The number of ether oxygens (including phenoxy) is 1. The fourth-order valence-electron chi connectivity index (χ4n) is 2.89. The Bertz CT molecular complexity index is 454. The van der Waals surface area contributed by atoms with Crippen molar-refractivity contribution >= 4 is 23.2 Å². The second kappa shape index (κ2) is 7.51. The molecule has 0 aliphatic carbocycles. The Kier molecular flexibility index (Phi) is 5.97. The van der Waals surface area contributed by atoms with Gasteiger partial charge in [-0.1, -0.05) is 30.1 Å². The molecule has 1 atom stereocenters. The van der Waals surface area contributed by atoms with Crippen molar-refractivity contribution in [2.45, 2.75) is 32.4 Å². The molecule has 1 saturated heterocycles. The molecule has 0 unspecified atom stereocenters. The van der Waals surface area contributed by atoms with Crippen LogP contribution in [0, 0.1) is 0 Å². The quantitative estimate of drug-likeness (QED) is 0.868. The van der Waals surface area contributed by atoms with Crippen molar-refractivity contribution < 1.29 is 4.74 Å². The topological polar surface area (TPSA) is 24.5 Å². The van der Waals surface area contributed by atoms with Gasteiger partial charge < -0.3 is 10.1 Å². The van der Waals surface area contributed by atoms with Crippen LogP contribution in [0.4, 0.5) is 0 Å². The van der Waals surface area contributed by atoms with Gasteiger partial charge in [0.05, 0.1) is 12.1 Å². The van der Waals surface area contributed by atoms with E-state index in [2.05, 4.69) is 17.1 Å². The molecule has 1 aromatic rings. The number of likely N-dealkylation sites (N-methyl/N-ethyl adjacent to an activating group) is 1.